The fourth-order valence-electron chi connectivity index (χ4n) is 2.80. The van der Waals surface area contributed by atoms with E-state index >= 15 is 0 Å². The third kappa shape index (κ3) is 3.29. The second kappa shape index (κ2) is 6.71. The molecule has 1 aromatic carbocycles. The highest BCUT2D eigenvalue weighted by Crippen LogP contribution is 2.24. The largest absolute Gasteiger partial charge is 0.294 e. The average Bonchev–Trinajstić information content (AvgIpc) is 2.89. The molecule has 1 aromatic heterocycles. The zero-order valence-electron chi connectivity index (χ0n) is 13.1. The maximum absolute atomic E-state index is 12.6. The molecule has 5 heteroatoms. The standard InChI is InChI=1S/C18H19N3O2/c1-20(12-10-14-7-5-6-11-19-14)16-13-17(22)21(18(16)23)15-8-3-2-4-9-15/h2-9,11,16H,10,12-13H2,1H3. The molecule has 1 aliphatic rings. The first-order chi connectivity index (χ1) is 11.2. The predicted octanol–water partition coefficient (Wildman–Crippen LogP) is 1.89. The molecular formula is C18H19N3O2. The molecule has 2 aromatic rings. The van der Waals surface area contributed by atoms with Gasteiger partial charge in [0.05, 0.1) is 18.2 Å². The van der Waals surface area contributed by atoms with Crippen LogP contribution in [0.3, 0.4) is 0 Å². The number of pyridine rings is 1. The van der Waals surface area contributed by atoms with Crippen molar-refractivity contribution in [1.29, 1.82) is 0 Å². The first-order valence-electron chi connectivity index (χ1n) is 7.69. The molecule has 0 bridgehead atoms. The number of rotatable bonds is 5. The van der Waals surface area contributed by atoms with Crippen molar-refractivity contribution in [3.05, 3.63) is 60.4 Å². The number of carbonyl (C=O) groups is 2. The van der Waals surface area contributed by atoms with Crippen LogP contribution < -0.4 is 4.90 Å². The predicted molar refractivity (Wildman–Crippen MR) is 87.9 cm³/mol. The third-order valence-corrected chi connectivity index (χ3v) is 4.12. The second-order valence-electron chi connectivity index (χ2n) is 5.67. The van der Waals surface area contributed by atoms with E-state index in [1.54, 1.807) is 18.3 Å². The van der Waals surface area contributed by atoms with E-state index in [4.69, 9.17) is 0 Å². The molecule has 1 aliphatic heterocycles. The van der Waals surface area contributed by atoms with Gasteiger partial charge in [0.2, 0.25) is 5.91 Å². The van der Waals surface area contributed by atoms with E-state index in [0.717, 1.165) is 12.1 Å². The molecule has 3 rings (SSSR count). The fourth-order valence-corrected chi connectivity index (χ4v) is 2.80. The van der Waals surface area contributed by atoms with Crippen LogP contribution in [0.2, 0.25) is 0 Å². The molecule has 0 N–H and O–H groups in total. The van der Waals surface area contributed by atoms with Gasteiger partial charge in [-0.15, -0.1) is 0 Å². The van der Waals surface area contributed by atoms with Crippen LogP contribution in [0.5, 0.6) is 0 Å². The zero-order valence-corrected chi connectivity index (χ0v) is 13.1. The van der Waals surface area contributed by atoms with Crippen molar-refractivity contribution in [2.45, 2.75) is 18.9 Å². The Labute approximate surface area is 135 Å². The van der Waals surface area contributed by atoms with Gasteiger partial charge < -0.3 is 0 Å². The Morgan fingerprint density at radius 3 is 2.57 bits per heavy atom. The normalized spacial score (nSPS) is 18.0. The summed E-state index contributed by atoms with van der Waals surface area (Å²) in [5, 5.41) is 0. The van der Waals surface area contributed by atoms with Gasteiger partial charge in [-0.2, -0.15) is 0 Å². The van der Waals surface area contributed by atoms with Gasteiger partial charge in [0.1, 0.15) is 0 Å². The quantitative estimate of drug-likeness (QED) is 0.792. The highest BCUT2D eigenvalue weighted by atomic mass is 16.2. The lowest BCUT2D eigenvalue weighted by molar-refractivity contribution is -0.122. The van der Waals surface area contributed by atoms with Crippen molar-refractivity contribution in [3.8, 4) is 0 Å². The summed E-state index contributed by atoms with van der Waals surface area (Å²) in [5.74, 6) is -0.291. The minimum Gasteiger partial charge on any atom is -0.294 e. The number of nitrogens with zero attached hydrogens (tertiary/aromatic N) is 3. The molecular weight excluding hydrogens is 290 g/mol. The van der Waals surface area contributed by atoms with E-state index in [9.17, 15) is 9.59 Å². The molecule has 1 atom stereocenters. The lowest BCUT2D eigenvalue weighted by Crippen LogP contribution is -2.40. The Morgan fingerprint density at radius 1 is 1.13 bits per heavy atom. The first-order valence-corrected chi connectivity index (χ1v) is 7.69. The van der Waals surface area contributed by atoms with Gasteiger partial charge in [-0.25, -0.2) is 4.90 Å². The molecule has 1 saturated heterocycles. The topological polar surface area (TPSA) is 53.5 Å². The Balaban J connectivity index is 1.67. The maximum atomic E-state index is 12.6. The number of anilines is 1. The van der Waals surface area contributed by atoms with Crippen molar-refractivity contribution in [2.24, 2.45) is 0 Å². The van der Waals surface area contributed by atoms with Gasteiger partial charge >= 0.3 is 0 Å². The van der Waals surface area contributed by atoms with Crippen LogP contribution in [0.15, 0.2) is 54.7 Å². The fraction of sp³-hybridized carbons (Fsp3) is 0.278. The highest BCUT2D eigenvalue weighted by molar-refractivity contribution is 6.22. The number of amides is 2. The van der Waals surface area contributed by atoms with Crippen LogP contribution >= 0.6 is 0 Å². The molecule has 1 fully saturated rings. The Kier molecular flexibility index (Phi) is 4.48. The van der Waals surface area contributed by atoms with Gasteiger partial charge in [0, 0.05) is 24.9 Å². The Hall–Kier alpha value is -2.53. The number of aromatic nitrogens is 1. The average molecular weight is 309 g/mol. The minimum atomic E-state index is -0.397. The van der Waals surface area contributed by atoms with Crippen molar-refractivity contribution >= 4 is 17.5 Å². The molecule has 23 heavy (non-hydrogen) atoms. The van der Waals surface area contributed by atoms with Crippen LogP contribution in [-0.2, 0) is 16.0 Å². The summed E-state index contributed by atoms with van der Waals surface area (Å²) in [6.45, 7) is 0.684. The number of imide groups is 1. The summed E-state index contributed by atoms with van der Waals surface area (Å²) in [6.07, 6.45) is 2.74. The molecule has 2 amide bonds. The van der Waals surface area contributed by atoms with E-state index in [2.05, 4.69) is 4.98 Å². The van der Waals surface area contributed by atoms with Crippen LogP contribution in [0.25, 0.3) is 0 Å². The van der Waals surface area contributed by atoms with E-state index in [1.807, 2.05) is 48.3 Å². The molecule has 2 heterocycles. The van der Waals surface area contributed by atoms with E-state index in [1.165, 1.54) is 4.90 Å². The first kappa shape index (κ1) is 15.4. The van der Waals surface area contributed by atoms with Crippen molar-refractivity contribution in [1.82, 2.24) is 9.88 Å². The van der Waals surface area contributed by atoms with E-state index in [0.29, 0.717) is 12.2 Å². The second-order valence-corrected chi connectivity index (χ2v) is 5.67. The summed E-state index contributed by atoms with van der Waals surface area (Å²) in [5.41, 5.74) is 1.62. The molecule has 0 saturated carbocycles. The van der Waals surface area contributed by atoms with Crippen molar-refractivity contribution < 1.29 is 9.59 Å². The van der Waals surface area contributed by atoms with E-state index in [-0.39, 0.29) is 18.2 Å². The SMILES string of the molecule is CN(CCc1ccccn1)C1CC(=O)N(c2ccccc2)C1=O. The summed E-state index contributed by atoms with van der Waals surface area (Å²) in [6, 6.07) is 14.5. The molecule has 118 valence electrons. The number of hydrogen-bond acceptors (Lipinski definition) is 4. The lowest BCUT2D eigenvalue weighted by atomic mass is 10.2. The van der Waals surface area contributed by atoms with Crippen LogP contribution in [0, 0.1) is 0 Å². The van der Waals surface area contributed by atoms with Gasteiger partial charge in [0.15, 0.2) is 0 Å². The summed E-state index contributed by atoms with van der Waals surface area (Å²) >= 11 is 0. The Bertz CT molecular complexity index is 688. The molecule has 0 radical (unpaired) electrons. The van der Waals surface area contributed by atoms with Crippen LogP contribution in [0.1, 0.15) is 12.1 Å². The number of carbonyl (C=O) groups excluding carboxylic acids is 2. The van der Waals surface area contributed by atoms with Gasteiger partial charge in [-0.05, 0) is 31.3 Å². The maximum Gasteiger partial charge on any atom is 0.251 e. The van der Waals surface area contributed by atoms with Crippen LogP contribution in [-0.4, -0.2) is 41.3 Å². The number of para-hydroxylation sites is 1. The summed E-state index contributed by atoms with van der Waals surface area (Å²) in [7, 11) is 1.88. The number of benzene rings is 1. The Morgan fingerprint density at radius 2 is 1.87 bits per heavy atom. The summed E-state index contributed by atoms with van der Waals surface area (Å²) in [4.78, 5) is 32.4. The van der Waals surface area contributed by atoms with Gasteiger partial charge in [-0.1, -0.05) is 24.3 Å². The number of likely N-dealkylation sites (N-methyl/N-ethyl adjacent to an activating group) is 1. The highest BCUT2D eigenvalue weighted by Gasteiger charge is 2.41. The molecule has 1 unspecified atom stereocenters. The van der Waals surface area contributed by atoms with Crippen LogP contribution in [0.4, 0.5) is 5.69 Å². The van der Waals surface area contributed by atoms with E-state index < -0.39 is 6.04 Å². The van der Waals surface area contributed by atoms with Crippen molar-refractivity contribution in [2.75, 3.05) is 18.5 Å². The summed E-state index contributed by atoms with van der Waals surface area (Å²) < 4.78 is 0. The zero-order chi connectivity index (χ0) is 16.2. The number of hydrogen-bond donors (Lipinski definition) is 0. The monoisotopic (exact) mass is 309 g/mol. The molecule has 0 aliphatic carbocycles. The van der Waals surface area contributed by atoms with Crippen molar-refractivity contribution in [3.63, 3.8) is 0 Å². The van der Waals surface area contributed by atoms with Gasteiger partial charge in [-0.3, -0.25) is 19.5 Å². The smallest absolute Gasteiger partial charge is 0.251 e. The third-order valence-electron chi connectivity index (χ3n) is 4.12. The van der Waals surface area contributed by atoms with Gasteiger partial charge in [0.25, 0.3) is 5.91 Å². The minimum absolute atomic E-state index is 0.143. The molecule has 5 nitrogen and oxygen atoms in total. The lowest BCUT2D eigenvalue weighted by Gasteiger charge is -2.22. The molecule has 0 spiro atoms.